The Morgan fingerprint density at radius 1 is 1.30 bits per heavy atom. The highest BCUT2D eigenvalue weighted by Crippen LogP contribution is 2.34. The van der Waals surface area contributed by atoms with Crippen molar-refractivity contribution in [3.05, 3.63) is 41.3 Å². The Hall–Kier alpha value is -3.09. The summed E-state index contributed by atoms with van der Waals surface area (Å²) >= 11 is 0. The summed E-state index contributed by atoms with van der Waals surface area (Å²) in [6.07, 6.45) is 3.91. The molecular weight excluding hydrogens is 423 g/mol. The number of rotatable bonds is 5. The van der Waals surface area contributed by atoms with E-state index in [-0.39, 0.29) is 29.4 Å². The number of aromatic nitrogens is 2. The molecule has 0 unspecified atom stereocenters. The molecule has 174 valence electrons. The SMILES string of the molecule is CC[C@@H]1CO[C@H](C(=O)NC2CCC(c3cc(-c4ccc(C#N)c(F)c4)nc(N)n3)CC2)CN1. The van der Waals surface area contributed by atoms with Crippen molar-refractivity contribution < 1.29 is 13.9 Å². The Balaban J connectivity index is 1.36. The maximum absolute atomic E-state index is 14.1. The molecule has 33 heavy (non-hydrogen) atoms. The fourth-order valence-electron chi connectivity index (χ4n) is 4.49. The van der Waals surface area contributed by atoms with Gasteiger partial charge in [-0.2, -0.15) is 5.26 Å². The summed E-state index contributed by atoms with van der Waals surface area (Å²) in [5.41, 5.74) is 7.83. The molecule has 0 bridgehead atoms. The Morgan fingerprint density at radius 3 is 2.73 bits per heavy atom. The van der Waals surface area contributed by atoms with Gasteiger partial charge in [0.05, 0.1) is 17.9 Å². The molecule has 0 spiro atoms. The topological polar surface area (TPSA) is 126 Å². The molecule has 2 aliphatic rings. The molecule has 1 aliphatic carbocycles. The highest BCUT2D eigenvalue weighted by Gasteiger charge is 2.30. The second kappa shape index (κ2) is 10.2. The van der Waals surface area contributed by atoms with E-state index in [4.69, 9.17) is 15.7 Å². The lowest BCUT2D eigenvalue weighted by molar-refractivity contribution is -0.136. The number of halogens is 1. The van der Waals surface area contributed by atoms with Crippen molar-refractivity contribution in [2.45, 2.75) is 63.1 Å². The number of anilines is 1. The predicted molar refractivity (Wildman–Crippen MR) is 122 cm³/mol. The summed E-state index contributed by atoms with van der Waals surface area (Å²) in [6, 6.07) is 8.46. The summed E-state index contributed by atoms with van der Waals surface area (Å²) in [6.45, 7) is 3.19. The number of morpholine rings is 1. The van der Waals surface area contributed by atoms with Crippen molar-refractivity contribution >= 4 is 11.9 Å². The van der Waals surface area contributed by atoms with Crippen LogP contribution in [0, 0.1) is 17.1 Å². The molecule has 0 radical (unpaired) electrons. The monoisotopic (exact) mass is 452 g/mol. The molecule has 4 rings (SSSR count). The van der Waals surface area contributed by atoms with E-state index >= 15 is 0 Å². The molecule has 2 fully saturated rings. The normalized spacial score (nSPS) is 25.2. The number of nitrogen functional groups attached to an aromatic ring is 1. The van der Waals surface area contributed by atoms with Gasteiger partial charge in [-0.05, 0) is 50.3 Å². The van der Waals surface area contributed by atoms with Crippen LogP contribution in [0.2, 0.25) is 0 Å². The zero-order valence-electron chi connectivity index (χ0n) is 18.7. The fourth-order valence-corrected chi connectivity index (χ4v) is 4.49. The summed E-state index contributed by atoms with van der Waals surface area (Å²) in [5, 5.41) is 15.4. The van der Waals surface area contributed by atoms with Crippen LogP contribution in [-0.2, 0) is 9.53 Å². The van der Waals surface area contributed by atoms with Gasteiger partial charge >= 0.3 is 0 Å². The first-order valence-electron chi connectivity index (χ1n) is 11.5. The van der Waals surface area contributed by atoms with Gasteiger partial charge in [0.25, 0.3) is 5.91 Å². The van der Waals surface area contributed by atoms with E-state index in [0.717, 1.165) is 37.8 Å². The molecular formula is C24H29FN6O2. The lowest BCUT2D eigenvalue weighted by Gasteiger charge is -2.32. The minimum atomic E-state index is -0.590. The van der Waals surface area contributed by atoms with Crippen LogP contribution < -0.4 is 16.4 Å². The molecule has 1 saturated carbocycles. The maximum Gasteiger partial charge on any atom is 0.250 e. The minimum absolute atomic E-state index is 0.0130. The summed E-state index contributed by atoms with van der Waals surface area (Å²) in [7, 11) is 0. The smallest absolute Gasteiger partial charge is 0.250 e. The van der Waals surface area contributed by atoms with Gasteiger partial charge in [-0.3, -0.25) is 4.79 Å². The number of carbonyl (C=O) groups excluding carboxylic acids is 1. The third kappa shape index (κ3) is 5.46. The van der Waals surface area contributed by atoms with Gasteiger partial charge in [-0.15, -0.1) is 0 Å². The Kier molecular flexibility index (Phi) is 7.16. The number of amides is 1. The van der Waals surface area contributed by atoms with Gasteiger partial charge in [-0.25, -0.2) is 14.4 Å². The summed E-state index contributed by atoms with van der Waals surface area (Å²) < 4.78 is 19.8. The van der Waals surface area contributed by atoms with Crippen molar-refractivity contribution in [2.75, 3.05) is 18.9 Å². The number of hydrogen-bond acceptors (Lipinski definition) is 7. The van der Waals surface area contributed by atoms with Crippen LogP contribution in [0.25, 0.3) is 11.3 Å². The second-order valence-corrected chi connectivity index (χ2v) is 8.74. The molecule has 8 nitrogen and oxygen atoms in total. The van der Waals surface area contributed by atoms with Crippen LogP contribution in [0.15, 0.2) is 24.3 Å². The van der Waals surface area contributed by atoms with Crippen molar-refractivity contribution in [3.8, 4) is 17.3 Å². The van der Waals surface area contributed by atoms with Gasteiger partial charge in [0, 0.05) is 35.8 Å². The number of nitriles is 1. The number of hydrogen-bond donors (Lipinski definition) is 3. The Labute approximate surface area is 192 Å². The average molecular weight is 453 g/mol. The highest BCUT2D eigenvalue weighted by molar-refractivity contribution is 5.81. The third-order valence-electron chi connectivity index (χ3n) is 6.52. The molecule has 1 amide bonds. The first kappa shape index (κ1) is 23.1. The first-order chi connectivity index (χ1) is 16.0. The number of nitrogens with one attached hydrogen (secondary N) is 2. The zero-order valence-corrected chi connectivity index (χ0v) is 18.7. The van der Waals surface area contributed by atoms with E-state index < -0.39 is 11.9 Å². The van der Waals surface area contributed by atoms with E-state index in [1.165, 1.54) is 12.1 Å². The second-order valence-electron chi connectivity index (χ2n) is 8.74. The molecule has 2 aromatic rings. The van der Waals surface area contributed by atoms with E-state index in [2.05, 4.69) is 27.5 Å². The van der Waals surface area contributed by atoms with E-state index in [1.54, 1.807) is 6.07 Å². The van der Waals surface area contributed by atoms with Gasteiger partial charge in [0.15, 0.2) is 0 Å². The molecule has 1 saturated heterocycles. The van der Waals surface area contributed by atoms with Crippen molar-refractivity contribution in [1.29, 1.82) is 5.26 Å². The molecule has 9 heteroatoms. The van der Waals surface area contributed by atoms with Crippen LogP contribution in [0.1, 0.15) is 56.2 Å². The molecule has 1 aromatic heterocycles. The fraction of sp³-hybridized carbons (Fsp3) is 0.500. The number of benzene rings is 1. The van der Waals surface area contributed by atoms with Crippen LogP contribution in [0.3, 0.4) is 0 Å². The Bertz CT molecular complexity index is 1040. The quantitative estimate of drug-likeness (QED) is 0.637. The predicted octanol–water partition coefficient (Wildman–Crippen LogP) is 2.65. The molecule has 2 heterocycles. The van der Waals surface area contributed by atoms with Crippen molar-refractivity contribution in [2.24, 2.45) is 0 Å². The number of carbonyl (C=O) groups is 1. The van der Waals surface area contributed by atoms with Crippen molar-refractivity contribution in [1.82, 2.24) is 20.6 Å². The molecule has 2 atom stereocenters. The number of nitrogens with zero attached hydrogens (tertiary/aromatic N) is 3. The van der Waals surface area contributed by atoms with Gasteiger partial charge in [0.2, 0.25) is 5.95 Å². The Morgan fingerprint density at radius 2 is 2.09 bits per heavy atom. The van der Waals surface area contributed by atoms with Crippen LogP contribution in [-0.4, -0.2) is 47.2 Å². The number of nitrogens with two attached hydrogens (primary N) is 1. The largest absolute Gasteiger partial charge is 0.368 e. The van der Waals surface area contributed by atoms with Crippen LogP contribution >= 0.6 is 0 Å². The summed E-state index contributed by atoms with van der Waals surface area (Å²) in [5.74, 6) is -0.331. The van der Waals surface area contributed by atoms with Crippen LogP contribution in [0.5, 0.6) is 0 Å². The van der Waals surface area contributed by atoms with Crippen molar-refractivity contribution in [3.63, 3.8) is 0 Å². The number of ether oxygens (including phenoxy) is 1. The third-order valence-corrected chi connectivity index (χ3v) is 6.52. The van der Waals surface area contributed by atoms with Gasteiger partial charge < -0.3 is 21.1 Å². The standard InChI is InChI=1S/C24H29FN6O2/c1-2-17-13-33-22(12-28-17)23(32)29-18-7-5-14(6-8-18)20-10-21(31-24(27)30-20)15-3-4-16(11-26)19(25)9-15/h3-4,9-10,14,17-18,22,28H,2,5-8,12-13H2,1H3,(H,29,32)(H2,27,30,31)/t14?,17-,18?,22+/m1/s1. The maximum atomic E-state index is 14.1. The molecule has 4 N–H and O–H groups in total. The lowest BCUT2D eigenvalue weighted by Crippen LogP contribution is -2.53. The molecule has 1 aromatic carbocycles. The average Bonchev–Trinajstić information content (AvgIpc) is 2.84. The molecule has 1 aliphatic heterocycles. The van der Waals surface area contributed by atoms with E-state index in [0.29, 0.717) is 30.5 Å². The van der Waals surface area contributed by atoms with E-state index in [9.17, 15) is 9.18 Å². The highest BCUT2D eigenvalue weighted by atomic mass is 19.1. The zero-order chi connectivity index (χ0) is 23.4. The van der Waals surface area contributed by atoms with Gasteiger partial charge in [-0.1, -0.05) is 13.0 Å². The minimum Gasteiger partial charge on any atom is -0.368 e. The van der Waals surface area contributed by atoms with Gasteiger partial charge in [0.1, 0.15) is 18.0 Å². The summed E-state index contributed by atoms with van der Waals surface area (Å²) in [4.78, 5) is 21.2. The van der Waals surface area contributed by atoms with Crippen LogP contribution in [0.4, 0.5) is 10.3 Å². The lowest BCUT2D eigenvalue weighted by atomic mass is 9.83. The first-order valence-corrected chi connectivity index (χ1v) is 11.5. The van der Waals surface area contributed by atoms with E-state index in [1.807, 2.05) is 12.1 Å².